The van der Waals surface area contributed by atoms with E-state index >= 15 is 0 Å². The lowest BCUT2D eigenvalue weighted by molar-refractivity contribution is 0.281. The Labute approximate surface area is 142 Å². The number of nitrogens with two attached hydrogens (primary N) is 1. The minimum atomic E-state index is -0.00229. The number of nitrogen functional groups attached to an aromatic ring is 1. The third kappa shape index (κ3) is 3.72. The second-order valence-corrected chi connectivity index (χ2v) is 5.24. The molecule has 0 saturated carbocycles. The molecule has 0 saturated heterocycles. The van der Waals surface area contributed by atoms with E-state index in [2.05, 4.69) is 0 Å². The number of methoxy groups -OCH3 is 2. The molecule has 0 atom stereocenters. The van der Waals surface area contributed by atoms with Crippen LogP contribution in [0.15, 0.2) is 36.4 Å². The standard InChI is InChI=1S/C18H24N2O4/c1-23-16-4-3-5-17(24-2)18(16)14-12-13(6-7-15(14)19)20(8-10-21)9-11-22/h3-7,12,21-22H,8-11,19H2,1-2H3. The Morgan fingerprint density at radius 1 is 0.958 bits per heavy atom. The number of benzene rings is 2. The number of rotatable bonds is 8. The Kier molecular flexibility index (Phi) is 6.28. The number of hydrogen-bond acceptors (Lipinski definition) is 6. The van der Waals surface area contributed by atoms with Gasteiger partial charge in [-0.3, -0.25) is 0 Å². The van der Waals surface area contributed by atoms with Gasteiger partial charge in [-0.1, -0.05) is 6.07 Å². The normalized spacial score (nSPS) is 10.5. The highest BCUT2D eigenvalue weighted by Gasteiger charge is 2.17. The second-order valence-electron chi connectivity index (χ2n) is 5.24. The maximum atomic E-state index is 9.24. The fourth-order valence-corrected chi connectivity index (χ4v) is 2.69. The Hall–Kier alpha value is -2.44. The summed E-state index contributed by atoms with van der Waals surface area (Å²) in [7, 11) is 3.20. The largest absolute Gasteiger partial charge is 0.496 e. The van der Waals surface area contributed by atoms with Crippen LogP contribution >= 0.6 is 0 Å². The van der Waals surface area contributed by atoms with Crippen molar-refractivity contribution in [2.24, 2.45) is 0 Å². The van der Waals surface area contributed by atoms with E-state index in [0.29, 0.717) is 30.3 Å². The van der Waals surface area contributed by atoms with E-state index in [1.807, 2.05) is 35.2 Å². The van der Waals surface area contributed by atoms with Crippen molar-refractivity contribution in [3.05, 3.63) is 36.4 Å². The molecule has 0 bridgehead atoms. The molecule has 0 heterocycles. The van der Waals surface area contributed by atoms with Crippen molar-refractivity contribution in [2.75, 3.05) is 51.2 Å². The van der Waals surface area contributed by atoms with Crippen LogP contribution in [0.1, 0.15) is 0 Å². The van der Waals surface area contributed by atoms with Crippen LogP contribution in [0.3, 0.4) is 0 Å². The van der Waals surface area contributed by atoms with Crippen molar-refractivity contribution in [1.82, 2.24) is 0 Å². The van der Waals surface area contributed by atoms with Gasteiger partial charge in [-0.2, -0.15) is 0 Å². The summed E-state index contributed by atoms with van der Waals surface area (Å²) < 4.78 is 10.9. The van der Waals surface area contributed by atoms with Gasteiger partial charge in [0.2, 0.25) is 0 Å². The molecule has 2 rings (SSSR count). The van der Waals surface area contributed by atoms with Gasteiger partial charge in [0.25, 0.3) is 0 Å². The Morgan fingerprint density at radius 2 is 1.54 bits per heavy atom. The molecule has 2 aromatic rings. The van der Waals surface area contributed by atoms with Crippen molar-refractivity contribution in [3.8, 4) is 22.6 Å². The molecule has 2 aromatic carbocycles. The van der Waals surface area contributed by atoms with Crippen LogP contribution in [0.4, 0.5) is 11.4 Å². The Bertz CT molecular complexity index is 648. The van der Waals surface area contributed by atoms with E-state index in [0.717, 1.165) is 16.8 Å². The summed E-state index contributed by atoms with van der Waals surface area (Å²) in [4.78, 5) is 1.89. The summed E-state index contributed by atoms with van der Waals surface area (Å²) in [6, 6.07) is 11.1. The average molecular weight is 332 g/mol. The fourth-order valence-electron chi connectivity index (χ4n) is 2.69. The number of ether oxygens (including phenoxy) is 2. The van der Waals surface area contributed by atoms with Gasteiger partial charge in [-0.25, -0.2) is 0 Å². The number of anilines is 2. The smallest absolute Gasteiger partial charge is 0.130 e. The molecule has 4 N–H and O–H groups in total. The predicted octanol–water partition coefficient (Wildman–Crippen LogP) is 1.74. The van der Waals surface area contributed by atoms with Gasteiger partial charge in [0, 0.05) is 30.0 Å². The number of nitrogens with zero attached hydrogens (tertiary/aromatic N) is 1. The molecule has 130 valence electrons. The van der Waals surface area contributed by atoms with Crippen LogP contribution in [0.2, 0.25) is 0 Å². The van der Waals surface area contributed by atoms with Gasteiger partial charge in [0.15, 0.2) is 0 Å². The molecule has 6 nitrogen and oxygen atoms in total. The zero-order chi connectivity index (χ0) is 17.5. The van der Waals surface area contributed by atoms with Crippen molar-refractivity contribution in [1.29, 1.82) is 0 Å². The van der Waals surface area contributed by atoms with E-state index in [9.17, 15) is 10.2 Å². The predicted molar refractivity (Wildman–Crippen MR) is 95.8 cm³/mol. The van der Waals surface area contributed by atoms with Crippen LogP contribution < -0.4 is 20.1 Å². The molecule has 0 aromatic heterocycles. The monoisotopic (exact) mass is 332 g/mol. The van der Waals surface area contributed by atoms with Gasteiger partial charge < -0.3 is 30.3 Å². The molecule has 0 radical (unpaired) electrons. The Morgan fingerprint density at radius 3 is 2.04 bits per heavy atom. The van der Waals surface area contributed by atoms with E-state index in [-0.39, 0.29) is 13.2 Å². The zero-order valence-corrected chi connectivity index (χ0v) is 14.0. The highest BCUT2D eigenvalue weighted by atomic mass is 16.5. The molecule has 0 aliphatic carbocycles. The molecular formula is C18H24N2O4. The maximum absolute atomic E-state index is 9.24. The quantitative estimate of drug-likeness (QED) is 0.638. The highest BCUT2D eigenvalue weighted by Crippen LogP contribution is 2.42. The topological polar surface area (TPSA) is 88.2 Å². The highest BCUT2D eigenvalue weighted by molar-refractivity contribution is 5.87. The molecule has 0 aliphatic rings. The van der Waals surface area contributed by atoms with Crippen LogP contribution in [-0.4, -0.2) is 50.7 Å². The maximum Gasteiger partial charge on any atom is 0.130 e. The van der Waals surface area contributed by atoms with Gasteiger partial charge in [-0.15, -0.1) is 0 Å². The van der Waals surface area contributed by atoms with E-state index in [1.165, 1.54) is 0 Å². The third-order valence-electron chi connectivity index (χ3n) is 3.84. The van der Waals surface area contributed by atoms with Crippen molar-refractivity contribution < 1.29 is 19.7 Å². The Balaban J connectivity index is 2.57. The van der Waals surface area contributed by atoms with Gasteiger partial charge in [-0.05, 0) is 30.3 Å². The SMILES string of the molecule is COc1cccc(OC)c1-c1cc(N(CCO)CCO)ccc1N. The lowest BCUT2D eigenvalue weighted by Gasteiger charge is -2.24. The van der Waals surface area contributed by atoms with Crippen LogP contribution in [0.5, 0.6) is 11.5 Å². The first kappa shape index (κ1) is 17.9. The molecule has 6 heteroatoms. The van der Waals surface area contributed by atoms with Gasteiger partial charge in [0.05, 0.1) is 33.0 Å². The number of aliphatic hydroxyl groups excluding tert-OH is 2. The van der Waals surface area contributed by atoms with Gasteiger partial charge >= 0.3 is 0 Å². The summed E-state index contributed by atoms with van der Waals surface area (Å²) in [5.41, 5.74) is 9.19. The van der Waals surface area contributed by atoms with E-state index in [4.69, 9.17) is 15.2 Å². The van der Waals surface area contributed by atoms with Crippen molar-refractivity contribution in [3.63, 3.8) is 0 Å². The second kappa shape index (κ2) is 8.42. The van der Waals surface area contributed by atoms with Crippen LogP contribution in [0.25, 0.3) is 11.1 Å². The summed E-state index contributed by atoms with van der Waals surface area (Å²) in [6.07, 6.45) is 0. The summed E-state index contributed by atoms with van der Waals surface area (Å²) in [5, 5.41) is 18.5. The van der Waals surface area contributed by atoms with Crippen molar-refractivity contribution in [2.45, 2.75) is 0 Å². The summed E-state index contributed by atoms with van der Waals surface area (Å²) in [5.74, 6) is 1.32. The number of hydrogen-bond donors (Lipinski definition) is 3. The third-order valence-corrected chi connectivity index (χ3v) is 3.84. The van der Waals surface area contributed by atoms with E-state index < -0.39 is 0 Å². The molecular weight excluding hydrogens is 308 g/mol. The molecule has 0 fully saturated rings. The number of aliphatic hydroxyl groups is 2. The first-order valence-electron chi connectivity index (χ1n) is 7.73. The van der Waals surface area contributed by atoms with E-state index in [1.54, 1.807) is 20.3 Å². The molecule has 0 unspecified atom stereocenters. The first-order chi connectivity index (χ1) is 11.7. The molecule has 0 spiro atoms. The summed E-state index contributed by atoms with van der Waals surface area (Å²) >= 11 is 0. The minimum absolute atomic E-state index is 0.00229. The van der Waals surface area contributed by atoms with Crippen LogP contribution in [-0.2, 0) is 0 Å². The minimum Gasteiger partial charge on any atom is -0.496 e. The molecule has 0 aliphatic heterocycles. The lowest BCUT2D eigenvalue weighted by Crippen LogP contribution is -2.29. The zero-order valence-electron chi connectivity index (χ0n) is 14.0. The average Bonchev–Trinajstić information content (AvgIpc) is 2.61. The first-order valence-corrected chi connectivity index (χ1v) is 7.73. The molecule has 0 amide bonds. The lowest BCUT2D eigenvalue weighted by atomic mass is 10.0. The van der Waals surface area contributed by atoms with Crippen LogP contribution in [0, 0.1) is 0 Å². The van der Waals surface area contributed by atoms with Crippen molar-refractivity contribution >= 4 is 11.4 Å². The molecule has 24 heavy (non-hydrogen) atoms. The van der Waals surface area contributed by atoms with Gasteiger partial charge in [0.1, 0.15) is 11.5 Å². The fraction of sp³-hybridized carbons (Fsp3) is 0.333. The summed E-state index contributed by atoms with van der Waals surface area (Å²) in [6.45, 7) is 0.843.